The Kier molecular flexibility index (Phi) is 6.27. The molecule has 0 atom stereocenters. The maximum absolute atomic E-state index is 5.14. The van der Waals surface area contributed by atoms with Gasteiger partial charge in [-0.1, -0.05) is 81.4 Å². The minimum absolute atomic E-state index is 0.00258. The molecule has 2 aliphatic rings. The topological polar surface area (TPSA) is 36.7 Å². The average molecular weight is 602 g/mol. The van der Waals surface area contributed by atoms with Gasteiger partial charge in [0, 0.05) is 37.0 Å². The maximum Gasteiger partial charge on any atom is 0.138 e. The lowest BCUT2D eigenvalue weighted by molar-refractivity contribution is 0.495. The van der Waals surface area contributed by atoms with Crippen LogP contribution in [-0.4, -0.2) is 33.0 Å². The molecule has 0 saturated heterocycles. The highest BCUT2D eigenvalue weighted by atomic mass is 15.3. The fraction of sp³-hybridized carbons (Fsp3) is 0.220. The molecular weight excluding hydrogens is 562 g/mol. The second-order valence-corrected chi connectivity index (χ2v) is 13.8. The van der Waals surface area contributed by atoms with E-state index in [1.807, 2.05) is 6.20 Å². The van der Waals surface area contributed by atoms with Crippen molar-refractivity contribution in [3.63, 3.8) is 0 Å². The van der Waals surface area contributed by atoms with Gasteiger partial charge in [-0.15, -0.1) is 0 Å². The minimum atomic E-state index is -0.565. The van der Waals surface area contributed by atoms with E-state index in [0.29, 0.717) is 0 Å². The molecule has 1 aliphatic heterocycles. The zero-order valence-corrected chi connectivity index (χ0v) is 27.4. The van der Waals surface area contributed by atoms with E-state index in [0.717, 1.165) is 35.1 Å². The van der Waals surface area contributed by atoms with E-state index < -0.39 is 5.41 Å². The zero-order valence-electron chi connectivity index (χ0n) is 27.4. The summed E-state index contributed by atoms with van der Waals surface area (Å²) in [6, 6.07) is 36.0. The lowest BCUT2D eigenvalue weighted by Gasteiger charge is -2.35. The molecule has 0 N–H and O–H groups in total. The van der Waals surface area contributed by atoms with Gasteiger partial charge in [0.05, 0.1) is 29.2 Å². The highest BCUT2D eigenvalue weighted by molar-refractivity contribution is 5.87. The van der Waals surface area contributed by atoms with Gasteiger partial charge in [0.25, 0.3) is 0 Å². The van der Waals surface area contributed by atoms with E-state index in [9.17, 15) is 0 Å². The van der Waals surface area contributed by atoms with Crippen molar-refractivity contribution in [1.82, 2.24) is 19.3 Å². The summed E-state index contributed by atoms with van der Waals surface area (Å²) in [7, 11) is 2.11. The first-order valence-electron chi connectivity index (χ1n) is 16.1. The number of benzene rings is 3. The van der Waals surface area contributed by atoms with Crippen LogP contribution in [0.2, 0.25) is 0 Å². The number of hydrogen-bond donors (Lipinski definition) is 0. The Morgan fingerprint density at radius 2 is 1.46 bits per heavy atom. The smallest absolute Gasteiger partial charge is 0.138 e. The second kappa shape index (κ2) is 10.2. The van der Waals surface area contributed by atoms with E-state index in [1.54, 1.807) is 0 Å². The highest BCUT2D eigenvalue weighted by Gasteiger charge is 2.46. The van der Waals surface area contributed by atoms with E-state index in [2.05, 4.69) is 165 Å². The van der Waals surface area contributed by atoms with Gasteiger partial charge in [0.1, 0.15) is 5.65 Å². The number of fused-ring (bicyclic) bond motifs is 4. The lowest BCUT2D eigenvalue weighted by atomic mass is 9.67. The van der Waals surface area contributed by atoms with E-state index >= 15 is 0 Å². The minimum Gasteiger partial charge on any atom is -0.361 e. The Morgan fingerprint density at radius 1 is 0.739 bits per heavy atom. The molecule has 228 valence electrons. The first kappa shape index (κ1) is 28.3. The van der Waals surface area contributed by atoms with Crippen molar-refractivity contribution in [2.24, 2.45) is 0 Å². The first-order chi connectivity index (χ1) is 22.2. The lowest BCUT2D eigenvalue weighted by Crippen LogP contribution is -2.29. The Morgan fingerprint density at radius 3 is 2.13 bits per heavy atom. The summed E-state index contributed by atoms with van der Waals surface area (Å²) in [6.07, 6.45) is 6.24. The Hall–Kier alpha value is -5.16. The molecular formula is C41H39N5. The predicted molar refractivity (Wildman–Crippen MR) is 188 cm³/mol. The summed E-state index contributed by atoms with van der Waals surface area (Å²) in [4.78, 5) is 14.6. The van der Waals surface area contributed by atoms with Gasteiger partial charge in [-0.3, -0.25) is 9.38 Å². The van der Waals surface area contributed by atoms with Crippen LogP contribution in [0.15, 0.2) is 116 Å². The van der Waals surface area contributed by atoms with Gasteiger partial charge in [0.2, 0.25) is 0 Å². The molecule has 0 fully saturated rings. The van der Waals surface area contributed by atoms with Crippen molar-refractivity contribution in [2.75, 3.05) is 18.6 Å². The second-order valence-electron chi connectivity index (χ2n) is 13.8. The van der Waals surface area contributed by atoms with Gasteiger partial charge >= 0.3 is 0 Å². The molecule has 0 saturated carbocycles. The molecule has 4 heterocycles. The van der Waals surface area contributed by atoms with Crippen molar-refractivity contribution in [2.45, 2.75) is 45.4 Å². The maximum atomic E-state index is 5.14. The van der Waals surface area contributed by atoms with Gasteiger partial charge in [-0.05, 0) is 94.6 Å². The van der Waals surface area contributed by atoms with Crippen LogP contribution in [0.3, 0.4) is 0 Å². The Labute approximate surface area is 271 Å². The molecule has 0 spiro atoms. The average Bonchev–Trinajstić information content (AvgIpc) is 3.72. The standard InChI is InChI=1S/C41H39N5/c1-27-28(2)46-38(37-23-29(18-19-42-37)40(3,4)5)24-31(25-39(46)43-27)41(30-12-11-13-32(22-30)45-21-20-44(6)26-45)35-16-9-7-14-33(35)34-15-8-10-17-36(34)41/h7-25H,26H2,1-6H3. The van der Waals surface area contributed by atoms with E-state index in [-0.39, 0.29) is 5.41 Å². The molecule has 3 aromatic carbocycles. The summed E-state index contributed by atoms with van der Waals surface area (Å²) in [6.45, 7) is 11.9. The molecule has 3 aromatic heterocycles. The third kappa shape index (κ3) is 4.14. The van der Waals surface area contributed by atoms with Crippen LogP contribution in [0.1, 0.15) is 60.0 Å². The highest BCUT2D eigenvalue weighted by Crippen LogP contribution is 2.57. The molecule has 0 unspecified atom stereocenters. The number of nitrogens with zero attached hydrogens (tertiary/aromatic N) is 5. The summed E-state index contributed by atoms with van der Waals surface area (Å²) < 4.78 is 2.29. The number of rotatable bonds is 4. The van der Waals surface area contributed by atoms with Crippen LogP contribution < -0.4 is 4.90 Å². The largest absolute Gasteiger partial charge is 0.361 e. The zero-order chi connectivity index (χ0) is 31.8. The van der Waals surface area contributed by atoms with Crippen LogP contribution in [-0.2, 0) is 10.8 Å². The number of aryl methyl sites for hydroxylation is 2. The van der Waals surface area contributed by atoms with Crippen LogP contribution in [0.25, 0.3) is 28.2 Å². The number of imidazole rings is 1. The number of aromatic nitrogens is 3. The first-order valence-corrected chi connectivity index (χ1v) is 16.1. The molecule has 5 nitrogen and oxygen atoms in total. The van der Waals surface area contributed by atoms with Crippen LogP contribution in [0, 0.1) is 13.8 Å². The van der Waals surface area contributed by atoms with Crippen LogP contribution in [0.5, 0.6) is 0 Å². The number of pyridine rings is 2. The molecule has 8 rings (SSSR count). The monoisotopic (exact) mass is 601 g/mol. The summed E-state index contributed by atoms with van der Waals surface area (Å²) in [5, 5.41) is 0. The quantitative estimate of drug-likeness (QED) is 0.202. The van der Waals surface area contributed by atoms with Crippen molar-refractivity contribution in [3.8, 4) is 22.5 Å². The molecule has 6 aromatic rings. The summed E-state index contributed by atoms with van der Waals surface area (Å²) >= 11 is 0. The molecule has 0 amide bonds. The third-order valence-corrected chi connectivity index (χ3v) is 9.95. The Bertz CT molecular complexity index is 2130. The Balaban J connectivity index is 1.48. The molecule has 0 radical (unpaired) electrons. The van der Waals surface area contributed by atoms with Gasteiger partial charge < -0.3 is 9.80 Å². The third-order valence-electron chi connectivity index (χ3n) is 9.95. The molecule has 1 aliphatic carbocycles. The molecule has 46 heavy (non-hydrogen) atoms. The van der Waals surface area contributed by atoms with E-state index in [4.69, 9.17) is 9.97 Å². The summed E-state index contributed by atoms with van der Waals surface area (Å²) in [5.74, 6) is 0. The molecule has 0 bridgehead atoms. The van der Waals surface area contributed by atoms with Crippen molar-refractivity contribution < 1.29 is 0 Å². The van der Waals surface area contributed by atoms with Gasteiger partial charge in [-0.2, -0.15) is 0 Å². The van der Waals surface area contributed by atoms with E-state index in [1.165, 1.54) is 44.6 Å². The molecule has 5 heteroatoms. The van der Waals surface area contributed by atoms with Gasteiger partial charge in [-0.25, -0.2) is 4.98 Å². The number of anilines is 1. The number of hydrogen-bond acceptors (Lipinski definition) is 4. The van der Waals surface area contributed by atoms with Crippen LogP contribution in [0.4, 0.5) is 5.69 Å². The SMILES string of the molecule is Cc1nc2cc(C3(c4cccc(N5C=CN(C)C5)c4)c4ccccc4-c4ccccc43)cc(-c3cc(C(C)(C)C)ccn3)n2c1C. The van der Waals surface area contributed by atoms with Crippen LogP contribution >= 0.6 is 0 Å². The normalized spacial score (nSPS) is 15.1. The fourth-order valence-corrected chi connectivity index (χ4v) is 7.51. The fourth-order valence-electron chi connectivity index (χ4n) is 7.51. The van der Waals surface area contributed by atoms with Crippen molar-refractivity contribution in [3.05, 3.63) is 155 Å². The van der Waals surface area contributed by atoms with Crippen molar-refractivity contribution in [1.29, 1.82) is 0 Å². The van der Waals surface area contributed by atoms with Gasteiger partial charge in [0.15, 0.2) is 0 Å². The predicted octanol–water partition coefficient (Wildman–Crippen LogP) is 8.85. The van der Waals surface area contributed by atoms with Crippen molar-refractivity contribution >= 4 is 11.3 Å². The summed E-state index contributed by atoms with van der Waals surface area (Å²) in [5.41, 5.74) is 14.5.